The molecule has 0 saturated carbocycles. The fraction of sp³-hybridized carbons (Fsp3) is 0.500. The fourth-order valence-electron chi connectivity index (χ4n) is 1.96. The number of piperidine rings is 1. The quantitative estimate of drug-likeness (QED) is 0.375. The van der Waals surface area contributed by atoms with Crippen molar-refractivity contribution >= 4 is 21.8 Å². The number of likely N-dealkylation sites (tertiary alicyclic amines) is 1. The molecule has 1 saturated heterocycles. The van der Waals surface area contributed by atoms with E-state index in [1.807, 2.05) is 0 Å². The van der Waals surface area contributed by atoms with Gasteiger partial charge in [-0.05, 0) is 31.5 Å². The topological polar surface area (TPSA) is 3.24 Å². The van der Waals surface area contributed by atoms with Crippen LogP contribution in [0.4, 0.5) is 51.8 Å². The van der Waals surface area contributed by atoms with Crippen molar-refractivity contribution in [2.24, 2.45) is 0 Å². The molecule has 0 N–H and O–H groups in total. The van der Waals surface area contributed by atoms with Crippen LogP contribution in [0.5, 0.6) is 0 Å². The van der Waals surface area contributed by atoms with Gasteiger partial charge in [0.25, 0.3) is 0 Å². The molecule has 1 heterocycles. The molecule has 1 aliphatic heterocycles. The lowest BCUT2D eigenvalue weighted by atomic mass is 10.1. The first kappa shape index (κ1) is 28.7. The van der Waals surface area contributed by atoms with Crippen molar-refractivity contribution in [3.63, 3.8) is 0 Å². The minimum absolute atomic E-state index is 1.14. The lowest BCUT2D eigenvalue weighted by Gasteiger charge is -2.26. The normalized spacial score (nSPS) is 15.1. The smallest absolute Gasteiger partial charge is 0.418 e. The van der Waals surface area contributed by atoms with Gasteiger partial charge in [-0.3, -0.25) is 4.90 Å². The summed E-state index contributed by atoms with van der Waals surface area (Å²) in [5.74, 6) is 0. The molecular weight excluding hydrogens is 419 g/mol. The number of benzene rings is 1. The van der Waals surface area contributed by atoms with Gasteiger partial charge in [0.1, 0.15) is 0 Å². The molecule has 1 nitrogen and oxygen atoms in total. The number of nitrogens with zero attached hydrogens (tertiary/aromatic N) is 1. The zero-order valence-electron chi connectivity index (χ0n) is 14.3. The molecule has 0 aliphatic carbocycles. The highest BCUT2D eigenvalue weighted by Crippen LogP contribution is 2.12. The van der Waals surface area contributed by atoms with Gasteiger partial charge < -0.3 is 51.8 Å². The third kappa shape index (κ3) is 39.6. The van der Waals surface area contributed by atoms with Crippen LogP contribution in [0.1, 0.15) is 24.8 Å². The van der Waals surface area contributed by atoms with E-state index in [-0.39, 0.29) is 0 Å². The standard InChI is InChI=1S/C12H17N.3BF4/c1-3-7-12(8-4-1)11-13-9-5-2-6-10-13;3*2-1(3,4)5/h1,3-4,7-8H,2,5-6,9-11H2;;;/q;3*-1. The van der Waals surface area contributed by atoms with E-state index in [9.17, 15) is 51.8 Å². The van der Waals surface area contributed by atoms with Gasteiger partial charge in [-0.1, -0.05) is 36.8 Å². The van der Waals surface area contributed by atoms with Gasteiger partial charge in [-0.25, -0.2) is 0 Å². The Kier molecular flexibility index (Phi) is 14.0. The van der Waals surface area contributed by atoms with Crippen LogP contribution in [0.15, 0.2) is 30.3 Å². The van der Waals surface area contributed by atoms with Crippen LogP contribution in [0.3, 0.4) is 0 Å². The Morgan fingerprint density at radius 2 is 0.893 bits per heavy atom. The van der Waals surface area contributed by atoms with Gasteiger partial charge in [0, 0.05) is 6.54 Å². The first-order valence-corrected chi connectivity index (χ1v) is 7.83. The van der Waals surface area contributed by atoms with E-state index in [0.717, 1.165) is 6.54 Å². The highest BCUT2D eigenvalue weighted by Gasteiger charge is 2.21. The number of rotatable bonds is 2. The SMILES string of the molecule is F[B-](F)(F)F.F[B-](F)(F)F.F[B-](F)(F)F.c1ccc(CN2CCCCC2)cc1. The van der Waals surface area contributed by atoms with E-state index in [1.165, 1.54) is 37.9 Å². The Morgan fingerprint density at radius 3 is 1.21 bits per heavy atom. The Hall–Kier alpha value is -1.47. The molecule has 0 aromatic heterocycles. The van der Waals surface area contributed by atoms with E-state index < -0.39 is 21.8 Å². The summed E-state index contributed by atoms with van der Waals surface area (Å²) in [7, 11) is -18.0. The minimum Gasteiger partial charge on any atom is -0.418 e. The van der Waals surface area contributed by atoms with Crippen LogP contribution in [-0.2, 0) is 6.54 Å². The summed E-state index contributed by atoms with van der Waals surface area (Å²) in [6.07, 6.45) is 4.19. The van der Waals surface area contributed by atoms with Gasteiger partial charge in [-0.15, -0.1) is 0 Å². The Morgan fingerprint density at radius 1 is 0.571 bits per heavy atom. The maximum atomic E-state index is 9.75. The second-order valence-electron chi connectivity index (χ2n) is 5.31. The zero-order chi connectivity index (χ0) is 22.4. The number of halogens is 12. The molecule has 0 amide bonds. The molecule has 16 heteroatoms. The van der Waals surface area contributed by atoms with Crippen molar-refractivity contribution in [3.05, 3.63) is 35.9 Å². The maximum absolute atomic E-state index is 9.75. The largest absolute Gasteiger partial charge is 0.673 e. The third-order valence-electron chi connectivity index (χ3n) is 2.70. The van der Waals surface area contributed by atoms with Gasteiger partial charge in [0.2, 0.25) is 0 Å². The van der Waals surface area contributed by atoms with Crippen LogP contribution in [0.2, 0.25) is 0 Å². The van der Waals surface area contributed by atoms with Crippen LogP contribution in [0, 0.1) is 0 Å². The number of hydrogen-bond donors (Lipinski definition) is 0. The molecule has 1 aromatic rings. The average Bonchev–Trinajstić information content (AvgIpc) is 2.44. The van der Waals surface area contributed by atoms with E-state index in [4.69, 9.17) is 0 Å². The van der Waals surface area contributed by atoms with E-state index in [1.54, 1.807) is 0 Å². The molecule has 1 aromatic carbocycles. The van der Waals surface area contributed by atoms with Gasteiger partial charge in [0.15, 0.2) is 0 Å². The average molecular weight is 436 g/mol. The predicted molar refractivity (Wildman–Crippen MR) is 86.1 cm³/mol. The maximum Gasteiger partial charge on any atom is 0.673 e. The molecule has 0 atom stereocenters. The third-order valence-corrected chi connectivity index (χ3v) is 2.70. The van der Waals surface area contributed by atoms with Gasteiger partial charge in [0.05, 0.1) is 0 Å². The second-order valence-corrected chi connectivity index (χ2v) is 5.31. The van der Waals surface area contributed by atoms with Crippen LogP contribution in [0.25, 0.3) is 0 Å². The summed E-state index contributed by atoms with van der Waals surface area (Å²) < 4.78 is 117. The Labute approximate surface area is 154 Å². The van der Waals surface area contributed by atoms with E-state index in [0.29, 0.717) is 0 Å². The van der Waals surface area contributed by atoms with Crippen molar-refractivity contribution in [1.82, 2.24) is 4.90 Å². The molecule has 166 valence electrons. The van der Waals surface area contributed by atoms with E-state index >= 15 is 0 Å². The van der Waals surface area contributed by atoms with Crippen LogP contribution < -0.4 is 0 Å². The predicted octanol–water partition coefficient (Wildman–Crippen LogP) is 6.57. The molecule has 1 aliphatic rings. The molecule has 0 bridgehead atoms. The highest BCUT2D eigenvalue weighted by atomic mass is 19.5. The fourth-order valence-corrected chi connectivity index (χ4v) is 1.96. The molecular formula is C12H17B3F12N-3. The van der Waals surface area contributed by atoms with Crippen molar-refractivity contribution in [2.75, 3.05) is 13.1 Å². The summed E-state index contributed by atoms with van der Waals surface area (Å²) in [4.78, 5) is 2.55. The van der Waals surface area contributed by atoms with E-state index in [2.05, 4.69) is 35.2 Å². The van der Waals surface area contributed by atoms with Crippen molar-refractivity contribution in [2.45, 2.75) is 25.8 Å². The Bertz CT molecular complexity index is 439. The first-order chi connectivity index (χ1) is 12.4. The first-order valence-electron chi connectivity index (χ1n) is 7.83. The molecule has 0 radical (unpaired) electrons. The van der Waals surface area contributed by atoms with Crippen molar-refractivity contribution in [3.8, 4) is 0 Å². The van der Waals surface area contributed by atoms with Crippen LogP contribution in [-0.4, -0.2) is 39.8 Å². The Balaban J connectivity index is 0. The molecule has 2 rings (SSSR count). The molecule has 28 heavy (non-hydrogen) atoms. The summed E-state index contributed by atoms with van der Waals surface area (Å²) in [6.45, 7) is 3.71. The minimum atomic E-state index is -6.00. The van der Waals surface area contributed by atoms with Gasteiger partial charge >= 0.3 is 21.8 Å². The zero-order valence-corrected chi connectivity index (χ0v) is 14.3. The van der Waals surface area contributed by atoms with Crippen LogP contribution >= 0.6 is 0 Å². The monoisotopic (exact) mass is 436 g/mol. The summed E-state index contributed by atoms with van der Waals surface area (Å²) in [5, 5.41) is 0. The second kappa shape index (κ2) is 13.7. The number of hydrogen-bond acceptors (Lipinski definition) is 1. The summed E-state index contributed by atoms with van der Waals surface area (Å²) >= 11 is 0. The van der Waals surface area contributed by atoms with Crippen molar-refractivity contribution < 1.29 is 51.8 Å². The van der Waals surface area contributed by atoms with Gasteiger partial charge in [-0.2, -0.15) is 0 Å². The van der Waals surface area contributed by atoms with Crippen molar-refractivity contribution in [1.29, 1.82) is 0 Å². The summed E-state index contributed by atoms with van der Waals surface area (Å²) in [6, 6.07) is 10.8. The lowest BCUT2D eigenvalue weighted by Crippen LogP contribution is -2.28. The molecule has 1 fully saturated rings. The molecule has 0 unspecified atom stereocenters. The summed E-state index contributed by atoms with van der Waals surface area (Å²) in [5.41, 5.74) is 1.45. The lowest BCUT2D eigenvalue weighted by molar-refractivity contribution is 0.221. The highest BCUT2D eigenvalue weighted by molar-refractivity contribution is 6.50. The molecule has 0 spiro atoms.